The fourth-order valence-corrected chi connectivity index (χ4v) is 28.2. The molecule has 0 atom stereocenters. The van der Waals surface area contributed by atoms with Crippen LogP contribution in [-0.4, -0.2) is 80.1 Å². The number of esters is 1. The summed E-state index contributed by atoms with van der Waals surface area (Å²) >= 11 is 0. The van der Waals surface area contributed by atoms with E-state index >= 15 is 0 Å². The largest absolute Gasteiger partial charge is 0.491 e. The van der Waals surface area contributed by atoms with Crippen molar-refractivity contribution in [2.45, 2.75) is 95.0 Å². The minimum atomic E-state index is -0.293. The van der Waals surface area contributed by atoms with Gasteiger partial charge in [0.25, 0.3) is 0 Å². The number of ether oxygens (including phenoxy) is 7. The van der Waals surface area contributed by atoms with E-state index in [1.54, 1.807) is 14.2 Å². The first-order chi connectivity index (χ1) is 68.1. The maximum atomic E-state index is 13.2. The van der Waals surface area contributed by atoms with E-state index in [0.29, 0.717) is 46.2 Å². The van der Waals surface area contributed by atoms with Crippen molar-refractivity contribution in [2.24, 2.45) is 0 Å². The van der Waals surface area contributed by atoms with Gasteiger partial charge in [-0.1, -0.05) is 231 Å². The highest BCUT2D eigenvalue weighted by atomic mass is 32.2. The van der Waals surface area contributed by atoms with Gasteiger partial charge < -0.3 is 43.4 Å². The first-order valence-electron chi connectivity index (χ1n) is 45.6. The predicted molar refractivity (Wildman–Crippen MR) is 568 cm³/mol. The number of benzene rings is 18. The van der Waals surface area contributed by atoms with Gasteiger partial charge in [0, 0.05) is 28.2 Å². The number of nitrogens with one attached hydrogen (secondary N) is 1. The Labute approximate surface area is 829 Å². The maximum absolute atomic E-state index is 13.2. The third kappa shape index (κ3) is 27.8. The molecule has 10 nitrogen and oxygen atoms in total. The monoisotopic (exact) mass is 1930 g/mol. The molecule has 0 aromatic heterocycles. The van der Waals surface area contributed by atoms with Gasteiger partial charge in [0.2, 0.25) is 0 Å². The molecule has 2 aliphatic rings. The smallest absolute Gasteiger partial charge is 0.302 e. The molecule has 138 heavy (non-hydrogen) atoms. The summed E-state index contributed by atoms with van der Waals surface area (Å²) in [6.07, 6.45) is 0. The highest BCUT2D eigenvalue weighted by molar-refractivity contribution is 7.98. The number of para-hydroxylation sites is 4. The number of carbonyl (C=O) groups excluding carboxylic acids is 1. The summed E-state index contributed by atoms with van der Waals surface area (Å²) in [5.41, 5.74) is 5.06. The van der Waals surface area contributed by atoms with Crippen LogP contribution in [0.2, 0.25) is 0 Å². The van der Waals surface area contributed by atoms with Crippen LogP contribution in [0.15, 0.2) is 586 Å². The second kappa shape index (κ2) is 53.2. The molecule has 20 rings (SSSR count). The zero-order valence-electron chi connectivity index (χ0n) is 77.5. The number of anilines is 4. The van der Waals surface area contributed by atoms with Crippen molar-refractivity contribution >= 4 is 94.1 Å². The van der Waals surface area contributed by atoms with E-state index in [1.165, 1.54) is 125 Å². The molecule has 0 bridgehead atoms. The molecule has 0 saturated carbocycles. The summed E-state index contributed by atoms with van der Waals surface area (Å²) < 4.78 is 50.5. The maximum Gasteiger partial charge on any atom is 0.302 e. The molecule has 0 amide bonds. The van der Waals surface area contributed by atoms with Crippen molar-refractivity contribution < 1.29 is 42.3 Å². The number of halogens is 1. The molecule has 0 unspecified atom stereocenters. The summed E-state index contributed by atoms with van der Waals surface area (Å²) in [4.78, 5) is 36.6. The van der Waals surface area contributed by atoms with Gasteiger partial charge in [0.1, 0.15) is 71.3 Å². The topological polar surface area (TPSA) is 97.0 Å². The zero-order chi connectivity index (χ0) is 94.9. The van der Waals surface area contributed by atoms with Crippen molar-refractivity contribution in [3.05, 3.63) is 503 Å². The number of methoxy groups -OCH3 is 2. The van der Waals surface area contributed by atoms with E-state index < -0.39 is 0 Å². The van der Waals surface area contributed by atoms with E-state index in [4.69, 9.17) is 33.2 Å². The highest BCUT2D eigenvalue weighted by Gasteiger charge is 2.41. The fourth-order valence-electron chi connectivity index (χ4n) is 15.2. The van der Waals surface area contributed by atoms with Crippen LogP contribution in [0, 0.1) is 5.82 Å². The van der Waals surface area contributed by atoms with E-state index in [1.807, 2.05) is 97.1 Å². The van der Waals surface area contributed by atoms with Gasteiger partial charge >= 0.3 is 5.97 Å². The van der Waals surface area contributed by atoms with Crippen molar-refractivity contribution in [3.8, 4) is 17.2 Å². The van der Waals surface area contributed by atoms with Gasteiger partial charge in [-0.15, -0.1) is 0 Å². The van der Waals surface area contributed by atoms with Gasteiger partial charge in [0.05, 0.1) is 92.8 Å². The highest BCUT2D eigenvalue weighted by Crippen LogP contribution is 2.48. The van der Waals surface area contributed by atoms with E-state index in [-0.39, 0.29) is 83.8 Å². The second-order valence-electron chi connectivity index (χ2n) is 30.9. The molecule has 0 spiro atoms. The minimum absolute atomic E-state index is 0.0203. The Morgan fingerprint density at radius 3 is 0.783 bits per heavy atom. The lowest BCUT2D eigenvalue weighted by atomic mass is 10.2. The summed E-state index contributed by atoms with van der Waals surface area (Å²) in [7, 11) is 4.87. The summed E-state index contributed by atoms with van der Waals surface area (Å²) in [5, 5.41) is 3.55. The van der Waals surface area contributed by atoms with Gasteiger partial charge in [-0.05, 0) is 267 Å². The molecule has 2 aliphatic heterocycles. The van der Waals surface area contributed by atoms with Crippen LogP contribution >= 0.6 is 0 Å². The molecule has 0 fully saturated rings. The number of fused-ring (bicyclic) bond motifs is 4. The third-order valence-electron chi connectivity index (χ3n) is 21.5. The lowest BCUT2D eigenvalue weighted by molar-refractivity contribution is -0.141. The molecular formula is C121H111FN2O8S6+6. The molecule has 690 valence electrons. The second-order valence-corrected chi connectivity index (χ2v) is 43.0. The Hall–Kier alpha value is -13.7. The molecule has 0 saturated heterocycles. The quantitative estimate of drug-likeness (QED) is 0.0277. The molecule has 1 N–H and O–H groups in total. The molecule has 18 aromatic carbocycles. The molecule has 17 heteroatoms. The van der Waals surface area contributed by atoms with Gasteiger partial charge in [-0.3, -0.25) is 4.79 Å². The number of rotatable bonds is 29. The SMILES string of the molecule is CC(=O)OCCOc1ccc([S+](c2ccccc2)c2ccccc2)cc1.CN1c2ccccc2[S+](c2ccccc2)c2ccccc21.COCCOCCOc1ccc([S+](c2ccccc2)c2ccccc2)cc1.COCCOc1ccc([S+](c2ccccc2)c2ccccc2)cc1.Fc1ccc([S+](c2ccccc2)c2ccccc2)cc1.c1ccc([S+]2c3ccccc3Nc3ccccc32)cc1. The molecule has 0 radical (unpaired) electrons. The third-order valence-corrected chi connectivity index (χ3v) is 35.1. The number of carbonyl (C=O) groups is 1. The molecule has 2 heterocycles. The lowest BCUT2D eigenvalue weighted by Gasteiger charge is -2.28. The number of hydrogen-bond acceptors (Lipinski definition) is 10. The normalized spacial score (nSPS) is 11.5. The van der Waals surface area contributed by atoms with Crippen molar-refractivity contribution in [1.29, 1.82) is 0 Å². The molecular weight excluding hydrogens is 1820 g/mol. The Kier molecular flexibility index (Phi) is 38.1. The Bertz CT molecular complexity index is 6370. The summed E-state index contributed by atoms with van der Waals surface area (Å²) in [6.45, 7) is 5.46. The van der Waals surface area contributed by atoms with Crippen LogP contribution in [0.3, 0.4) is 0 Å². The Morgan fingerprint density at radius 2 is 0.486 bits per heavy atom. The van der Waals surface area contributed by atoms with E-state index in [2.05, 4.69) is 406 Å². The average Bonchev–Trinajstić information content (AvgIpc) is 0.744. The van der Waals surface area contributed by atoms with Crippen LogP contribution < -0.4 is 24.4 Å². The van der Waals surface area contributed by atoms with Crippen LogP contribution in [0.25, 0.3) is 0 Å². The van der Waals surface area contributed by atoms with Crippen molar-refractivity contribution in [1.82, 2.24) is 0 Å². The Morgan fingerprint density at radius 1 is 0.261 bits per heavy atom. The van der Waals surface area contributed by atoms with Crippen LogP contribution in [0.4, 0.5) is 27.1 Å². The number of hydrogen-bond donors (Lipinski definition) is 1. The van der Waals surface area contributed by atoms with Crippen LogP contribution in [0.5, 0.6) is 17.2 Å². The van der Waals surface area contributed by atoms with Crippen LogP contribution in [-0.2, 0) is 89.1 Å². The zero-order valence-corrected chi connectivity index (χ0v) is 82.4. The standard InChI is InChI=1S/C23H25O3S.C22H21O3S.C21H21O2S.C19H16NS.C18H14FS.C18H14NS/c1-24-16-17-25-18-19-26-20-12-14-23(15-13-20)27(21-8-4-2-5-9-21)22-10-6-3-7-11-22;1-18(23)24-16-17-25-19-12-14-22(15-13-19)26(20-8-4-2-5-9-20)21-10-6-3-7-11-21;1-22-16-17-23-18-12-14-21(15-13-18)24(19-8-4-2-5-9-19)20-10-6-3-7-11-20;1-20-16-11-5-7-13-18(16)21(15-9-3-2-4-10-15)19-14-8-6-12-17(19)20;19-15-11-13-18(14-12-15)20(16-7-3-1-4-8-16)17-9-5-2-6-10-17;1-2-8-14(9-3-1)20-17-12-6-4-10-15(17)19-16-11-5-7-13-18(16)20/h2-15H,16-19H2,1H3;2-15H,16-17H2,1H3;2-15H,16-17H2,1H3;2-14H,1H3;1-14H;1-13,19H/q6*+1. The number of nitrogens with zero attached hydrogens (tertiary/aromatic N) is 1. The summed E-state index contributed by atoms with van der Waals surface area (Å²) in [6, 6.07) is 172. The molecule has 18 aromatic rings. The van der Waals surface area contributed by atoms with Crippen molar-refractivity contribution in [2.75, 3.05) is 84.3 Å². The Balaban J connectivity index is 0.000000126. The van der Waals surface area contributed by atoms with E-state index in [9.17, 15) is 9.18 Å². The van der Waals surface area contributed by atoms with Crippen molar-refractivity contribution in [3.63, 3.8) is 0 Å². The minimum Gasteiger partial charge on any atom is -0.491 e. The first kappa shape index (κ1) is 98.8. The summed E-state index contributed by atoms with van der Waals surface area (Å²) in [5.74, 6) is 2.02. The van der Waals surface area contributed by atoms with Gasteiger partial charge in [0.15, 0.2) is 88.1 Å². The first-order valence-corrected chi connectivity index (χ1v) is 53.0. The molecule has 0 aliphatic carbocycles. The predicted octanol–water partition coefficient (Wildman–Crippen LogP) is 29.0. The average molecular weight is 1930 g/mol. The fraction of sp³-hybridized carbons (Fsp3) is 0.0992. The van der Waals surface area contributed by atoms with Gasteiger partial charge in [-0.2, -0.15) is 0 Å². The lowest BCUT2D eigenvalue weighted by Crippen LogP contribution is -2.22. The van der Waals surface area contributed by atoms with E-state index in [0.717, 1.165) is 22.1 Å². The van der Waals surface area contributed by atoms with Crippen LogP contribution in [0.1, 0.15) is 6.92 Å². The van der Waals surface area contributed by atoms with Gasteiger partial charge in [-0.25, -0.2) is 4.39 Å².